The Balaban J connectivity index is 2.23. The number of carbonyl (C=O) groups is 1. The van der Waals surface area contributed by atoms with Crippen LogP contribution in [0.2, 0.25) is 0 Å². The van der Waals surface area contributed by atoms with E-state index in [1.54, 1.807) is 0 Å². The second-order valence-electron chi connectivity index (χ2n) is 3.82. The van der Waals surface area contributed by atoms with Crippen molar-refractivity contribution < 1.29 is 19.9 Å². The SMILES string of the molecule is O=C(O)c1cc(Nc2ccc([N+](=O)[O-])cn2)ccc1O. The van der Waals surface area contributed by atoms with Crippen LogP contribution >= 0.6 is 0 Å². The van der Waals surface area contributed by atoms with Gasteiger partial charge in [-0.25, -0.2) is 9.78 Å². The summed E-state index contributed by atoms with van der Waals surface area (Å²) in [6.45, 7) is 0. The molecule has 0 radical (unpaired) electrons. The van der Waals surface area contributed by atoms with Gasteiger partial charge in [-0.2, -0.15) is 0 Å². The molecule has 3 N–H and O–H groups in total. The smallest absolute Gasteiger partial charge is 0.339 e. The maximum absolute atomic E-state index is 10.9. The molecule has 0 spiro atoms. The summed E-state index contributed by atoms with van der Waals surface area (Å²) < 4.78 is 0. The van der Waals surface area contributed by atoms with Gasteiger partial charge < -0.3 is 15.5 Å². The van der Waals surface area contributed by atoms with Crippen molar-refractivity contribution in [3.63, 3.8) is 0 Å². The highest BCUT2D eigenvalue weighted by Gasteiger charge is 2.11. The summed E-state index contributed by atoms with van der Waals surface area (Å²) >= 11 is 0. The molecule has 0 amide bonds. The maximum atomic E-state index is 10.9. The van der Waals surface area contributed by atoms with Gasteiger partial charge in [0.05, 0.1) is 4.92 Å². The van der Waals surface area contributed by atoms with Crippen LogP contribution in [0.4, 0.5) is 17.2 Å². The number of hydrogen-bond donors (Lipinski definition) is 3. The minimum Gasteiger partial charge on any atom is -0.507 e. The molecule has 0 aliphatic carbocycles. The van der Waals surface area contributed by atoms with Gasteiger partial charge in [-0.05, 0) is 24.3 Å². The lowest BCUT2D eigenvalue weighted by atomic mass is 10.2. The second kappa shape index (κ2) is 5.22. The van der Waals surface area contributed by atoms with E-state index in [1.165, 1.54) is 30.3 Å². The first-order chi connectivity index (χ1) is 9.47. The third kappa shape index (κ3) is 2.80. The predicted molar refractivity (Wildman–Crippen MR) is 69.2 cm³/mol. The lowest BCUT2D eigenvalue weighted by Crippen LogP contribution is -2.00. The van der Waals surface area contributed by atoms with Crippen LogP contribution in [0.5, 0.6) is 5.75 Å². The average molecular weight is 275 g/mol. The van der Waals surface area contributed by atoms with E-state index >= 15 is 0 Å². The van der Waals surface area contributed by atoms with Crippen molar-refractivity contribution >= 4 is 23.2 Å². The lowest BCUT2D eigenvalue weighted by molar-refractivity contribution is -0.385. The molecule has 1 aromatic heterocycles. The van der Waals surface area contributed by atoms with Gasteiger partial charge in [0.15, 0.2) is 0 Å². The van der Waals surface area contributed by atoms with Crippen LogP contribution in [0.1, 0.15) is 10.4 Å². The molecule has 20 heavy (non-hydrogen) atoms. The van der Waals surface area contributed by atoms with Crippen molar-refractivity contribution in [3.8, 4) is 5.75 Å². The minimum absolute atomic E-state index is 0.146. The second-order valence-corrected chi connectivity index (χ2v) is 3.82. The van der Waals surface area contributed by atoms with E-state index in [4.69, 9.17) is 5.11 Å². The number of nitrogens with one attached hydrogen (secondary N) is 1. The van der Waals surface area contributed by atoms with Crippen molar-refractivity contribution in [2.45, 2.75) is 0 Å². The van der Waals surface area contributed by atoms with Gasteiger partial charge in [0.25, 0.3) is 5.69 Å². The zero-order valence-corrected chi connectivity index (χ0v) is 9.98. The molecular formula is C12H9N3O5. The van der Waals surface area contributed by atoms with Gasteiger partial charge in [-0.1, -0.05) is 0 Å². The molecule has 8 heteroatoms. The maximum Gasteiger partial charge on any atom is 0.339 e. The number of phenols is 1. The molecule has 8 nitrogen and oxygen atoms in total. The molecule has 1 aromatic carbocycles. The van der Waals surface area contributed by atoms with Crippen LogP contribution in [0.25, 0.3) is 0 Å². The number of anilines is 2. The van der Waals surface area contributed by atoms with Gasteiger partial charge in [0, 0.05) is 11.8 Å². The fourth-order valence-corrected chi connectivity index (χ4v) is 1.50. The Morgan fingerprint density at radius 3 is 2.60 bits per heavy atom. The number of nitro groups is 1. The fourth-order valence-electron chi connectivity index (χ4n) is 1.50. The third-order valence-corrected chi connectivity index (χ3v) is 2.46. The summed E-state index contributed by atoms with van der Waals surface area (Å²) in [6, 6.07) is 6.60. The van der Waals surface area contributed by atoms with Gasteiger partial charge in [0.2, 0.25) is 0 Å². The van der Waals surface area contributed by atoms with E-state index < -0.39 is 10.9 Å². The van der Waals surface area contributed by atoms with Crippen LogP contribution in [0, 0.1) is 10.1 Å². The standard InChI is InChI=1S/C12H9N3O5/c16-10-3-1-7(5-9(10)12(17)18)14-11-4-2-8(6-13-11)15(19)20/h1-6,16H,(H,13,14)(H,17,18). The number of pyridine rings is 1. The molecule has 1 heterocycles. The van der Waals surface area contributed by atoms with Gasteiger partial charge >= 0.3 is 5.97 Å². The highest BCUT2D eigenvalue weighted by atomic mass is 16.6. The number of nitrogens with zero attached hydrogens (tertiary/aromatic N) is 2. The van der Waals surface area contributed by atoms with Gasteiger partial charge in [0.1, 0.15) is 23.3 Å². The van der Waals surface area contributed by atoms with Gasteiger partial charge in [-0.3, -0.25) is 10.1 Å². The van der Waals surface area contributed by atoms with Crippen LogP contribution in [0.3, 0.4) is 0 Å². The fraction of sp³-hybridized carbons (Fsp3) is 0. The molecule has 0 bridgehead atoms. The third-order valence-electron chi connectivity index (χ3n) is 2.46. The summed E-state index contributed by atoms with van der Waals surface area (Å²) in [5, 5.41) is 31.5. The number of hydrogen-bond acceptors (Lipinski definition) is 6. The molecule has 0 saturated heterocycles. The van der Waals surface area contributed by atoms with Crippen molar-refractivity contribution in [1.29, 1.82) is 0 Å². The predicted octanol–water partition coefficient (Wildman–Crippen LogP) is 2.14. The first-order valence-corrected chi connectivity index (χ1v) is 5.41. The van der Waals surface area contributed by atoms with E-state index in [0.717, 1.165) is 6.20 Å². The monoisotopic (exact) mass is 275 g/mol. The van der Waals surface area contributed by atoms with E-state index in [-0.39, 0.29) is 17.0 Å². The zero-order valence-electron chi connectivity index (χ0n) is 9.98. The topological polar surface area (TPSA) is 126 Å². The number of aromatic hydroxyl groups is 1. The molecule has 0 atom stereocenters. The molecule has 2 rings (SSSR count). The van der Waals surface area contributed by atoms with Crippen molar-refractivity contribution in [1.82, 2.24) is 4.98 Å². The summed E-state index contributed by atoms with van der Waals surface area (Å²) in [7, 11) is 0. The number of aromatic carboxylic acids is 1. The summed E-state index contributed by atoms with van der Waals surface area (Å²) in [5.41, 5.74) is -0.00838. The van der Waals surface area contributed by atoms with E-state index in [1.807, 2.05) is 0 Å². The average Bonchev–Trinajstić information content (AvgIpc) is 2.41. The minimum atomic E-state index is -1.26. The van der Waals surface area contributed by atoms with Crippen LogP contribution in [-0.4, -0.2) is 26.1 Å². The number of benzene rings is 1. The summed E-state index contributed by atoms with van der Waals surface area (Å²) in [6.07, 6.45) is 1.08. The van der Waals surface area contributed by atoms with Crippen LogP contribution < -0.4 is 5.32 Å². The molecular weight excluding hydrogens is 266 g/mol. The van der Waals surface area contributed by atoms with Crippen molar-refractivity contribution in [3.05, 3.63) is 52.2 Å². The Kier molecular flexibility index (Phi) is 3.47. The molecule has 0 aliphatic rings. The lowest BCUT2D eigenvalue weighted by Gasteiger charge is -2.07. The first kappa shape index (κ1) is 13.3. The normalized spacial score (nSPS) is 10.0. The van der Waals surface area contributed by atoms with E-state index in [9.17, 15) is 20.0 Å². The summed E-state index contributed by atoms with van der Waals surface area (Å²) in [5.74, 6) is -1.29. The molecule has 102 valence electrons. The Bertz CT molecular complexity index is 669. The quantitative estimate of drug-likeness (QED) is 0.443. The molecule has 2 aromatic rings. The Morgan fingerprint density at radius 2 is 2.05 bits per heavy atom. The number of rotatable bonds is 4. The Labute approximate surface area is 112 Å². The van der Waals surface area contributed by atoms with Crippen LogP contribution in [-0.2, 0) is 0 Å². The highest BCUT2D eigenvalue weighted by molar-refractivity contribution is 5.92. The van der Waals surface area contributed by atoms with E-state index in [2.05, 4.69) is 10.3 Å². The molecule has 0 fully saturated rings. The molecule has 0 unspecified atom stereocenters. The van der Waals surface area contributed by atoms with Crippen molar-refractivity contribution in [2.75, 3.05) is 5.32 Å². The first-order valence-electron chi connectivity index (χ1n) is 5.41. The number of carboxylic acid groups (broad SMARTS) is 1. The van der Waals surface area contributed by atoms with Crippen molar-refractivity contribution in [2.24, 2.45) is 0 Å². The van der Waals surface area contributed by atoms with E-state index in [0.29, 0.717) is 11.5 Å². The molecule has 0 aliphatic heterocycles. The zero-order chi connectivity index (χ0) is 14.7. The number of aromatic nitrogens is 1. The summed E-state index contributed by atoms with van der Waals surface area (Å²) in [4.78, 5) is 24.6. The molecule has 0 saturated carbocycles. The Hall–Kier alpha value is -3.16. The highest BCUT2D eigenvalue weighted by Crippen LogP contribution is 2.24. The number of carboxylic acids is 1. The van der Waals surface area contributed by atoms with Crippen LogP contribution in [0.15, 0.2) is 36.5 Å². The van der Waals surface area contributed by atoms with Gasteiger partial charge in [-0.15, -0.1) is 0 Å². The largest absolute Gasteiger partial charge is 0.507 e. The Morgan fingerprint density at radius 1 is 1.30 bits per heavy atom.